The number of carbonyl (C=O) groups is 2. The van der Waals surface area contributed by atoms with Crippen molar-refractivity contribution in [3.63, 3.8) is 0 Å². The van der Waals surface area contributed by atoms with Crippen molar-refractivity contribution >= 4 is 11.8 Å². The first kappa shape index (κ1) is 45.7. The largest absolute Gasteiger partial charge is 0.391 e. The number of carbonyl (C=O) groups excluding carboxylic acids is 2. The Morgan fingerprint density at radius 1 is 0.500 bits per heavy atom. The van der Waals surface area contributed by atoms with Crippen molar-refractivity contribution in [2.75, 3.05) is 39.3 Å². The number of aliphatic hydroxyl groups excluding tert-OH is 4. The van der Waals surface area contributed by atoms with Gasteiger partial charge in [-0.2, -0.15) is 0 Å². The summed E-state index contributed by atoms with van der Waals surface area (Å²) in [6, 6.07) is -1.13. The van der Waals surface area contributed by atoms with E-state index in [0.29, 0.717) is 77.8 Å². The number of hydrogen-bond acceptors (Lipinski definition) is 8. The zero-order valence-corrected chi connectivity index (χ0v) is 31.7. The van der Waals surface area contributed by atoms with Gasteiger partial charge in [-0.15, -0.1) is 0 Å². The Hall–Kier alpha value is -2.34. The molecule has 10 nitrogen and oxygen atoms in total. The highest BCUT2D eigenvalue weighted by Crippen LogP contribution is 2.13. The van der Waals surface area contributed by atoms with Gasteiger partial charge in [0.2, 0.25) is 11.8 Å². The van der Waals surface area contributed by atoms with E-state index in [9.17, 15) is 30.0 Å². The van der Waals surface area contributed by atoms with Gasteiger partial charge in [0.1, 0.15) is 12.1 Å². The van der Waals surface area contributed by atoms with Gasteiger partial charge in [0, 0.05) is 26.2 Å². The number of rotatable bonds is 30. The van der Waals surface area contributed by atoms with Crippen LogP contribution in [-0.2, 0) is 9.59 Å². The zero-order valence-electron chi connectivity index (χ0n) is 31.7. The SMILES string of the molecule is CC/C=C/CC(O)CN(CCCCC1NC(=O)C(CCCCN(CC(O)C/C=C/CC)CC(O)C/C=C/CC)NC1=O)CC(O)C/C=C/CC. The zero-order chi connectivity index (χ0) is 37.0. The molecular formula is C40H72N4O6. The van der Waals surface area contributed by atoms with Gasteiger partial charge >= 0.3 is 0 Å². The van der Waals surface area contributed by atoms with E-state index in [1.165, 1.54) is 0 Å². The normalized spacial score (nSPS) is 19.7. The molecule has 6 atom stereocenters. The van der Waals surface area contributed by atoms with E-state index >= 15 is 0 Å². The Morgan fingerprint density at radius 3 is 1.04 bits per heavy atom. The van der Waals surface area contributed by atoms with Gasteiger partial charge in [0.05, 0.1) is 24.4 Å². The summed E-state index contributed by atoms with van der Waals surface area (Å²) in [5.74, 6) is -0.313. The van der Waals surface area contributed by atoms with Crippen LogP contribution in [-0.4, -0.2) is 118 Å². The summed E-state index contributed by atoms with van der Waals surface area (Å²) >= 11 is 0. The number of amides is 2. The maximum Gasteiger partial charge on any atom is 0.243 e. The van der Waals surface area contributed by atoms with Gasteiger partial charge < -0.3 is 31.1 Å². The van der Waals surface area contributed by atoms with Crippen LogP contribution in [0.25, 0.3) is 0 Å². The van der Waals surface area contributed by atoms with Crippen molar-refractivity contribution in [3.05, 3.63) is 48.6 Å². The molecule has 0 aromatic heterocycles. The lowest BCUT2D eigenvalue weighted by atomic mass is 10.0. The van der Waals surface area contributed by atoms with Crippen molar-refractivity contribution in [2.24, 2.45) is 0 Å². The molecule has 1 rings (SSSR count). The van der Waals surface area contributed by atoms with Gasteiger partial charge in [-0.25, -0.2) is 0 Å². The van der Waals surface area contributed by atoms with Crippen LogP contribution in [0.5, 0.6) is 0 Å². The van der Waals surface area contributed by atoms with E-state index in [1.807, 2.05) is 48.6 Å². The topological polar surface area (TPSA) is 146 Å². The minimum absolute atomic E-state index is 0.157. The lowest BCUT2D eigenvalue weighted by molar-refractivity contribution is -0.137. The molecule has 288 valence electrons. The quantitative estimate of drug-likeness (QED) is 0.0463. The summed E-state index contributed by atoms with van der Waals surface area (Å²) in [5.41, 5.74) is 0. The second-order valence-corrected chi connectivity index (χ2v) is 13.7. The summed E-state index contributed by atoms with van der Waals surface area (Å²) in [7, 11) is 0. The van der Waals surface area contributed by atoms with Crippen LogP contribution in [0.2, 0.25) is 0 Å². The third-order valence-corrected chi connectivity index (χ3v) is 8.82. The summed E-state index contributed by atoms with van der Waals surface area (Å²) in [5, 5.41) is 48.1. The molecule has 0 spiro atoms. The second kappa shape index (κ2) is 29.3. The van der Waals surface area contributed by atoms with Crippen molar-refractivity contribution in [3.8, 4) is 0 Å². The molecule has 0 aromatic rings. The fourth-order valence-electron chi connectivity index (χ4n) is 6.13. The smallest absolute Gasteiger partial charge is 0.243 e. The third-order valence-electron chi connectivity index (χ3n) is 8.82. The summed E-state index contributed by atoms with van der Waals surface area (Å²) in [6.45, 7) is 11.5. The maximum absolute atomic E-state index is 12.9. The van der Waals surface area contributed by atoms with Crippen LogP contribution in [0, 0.1) is 0 Å². The third kappa shape index (κ3) is 22.5. The van der Waals surface area contributed by atoms with Crippen LogP contribution in [0.1, 0.15) is 118 Å². The Morgan fingerprint density at radius 2 is 0.780 bits per heavy atom. The van der Waals surface area contributed by atoms with Crippen LogP contribution in [0.15, 0.2) is 48.6 Å². The van der Waals surface area contributed by atoms with E-state index < -0.39 is 36.5 Å². The van der Waals surface area contributed by atoms with E-state index in [-0.39, 0.29) is 11.8 Å². The number of unbranched alkanes of at least 4 members (excludes halogenated alkanes) is 2. The van der Waals surface area contributed by atoms with Crippen LogP contribution >= 0.6 is 0 Å². The molecule has 0 bridgehead atoms. The molecule has 1 heterocycles. The Bertz CT molecular complexity index is 876. The van der Waals surface area contributed by atoms with Gasteiger partial charge in [-0.1, -0.05) is 76.3 Å². The van der Waals surface area contributed by atoms with E-state index in [2.05, 4.69) is 48.1 Å². The molecule has 50 heavy (non-hydrogen) atoms. The second-order valence-electron chi connectivity index (χ2n) is 13.7. The first-order valence-electron chi connectivity index (χ1n) is 19.5. The minimum Gasteiger partial charge on any atom is -0.391 e. The predicted molar refractivity (Wildman–Crippen MR) is 205 cm³/mol. The summed E-state index contributed by atoms with van der Waals surface area (Å²) in [6.07, 6.45) is 24.2. The number of allylic oxidation sites excluding steroid dienone is 4. The molecule has 1 saturated heterocycles. The fourth-order valence-corrected chi connectivity index (χ4v) is 6.13. The molecule has 6 unspecified atom stereocenters. The number of nitrogens with zero attached hydrogens (tertiary/aromatic N) is 2. The Balaban J connectivity index is 2.56. The molecule has 1 aliphatic heterocycles. The lowest BCUT2D eigenvalue weighted by Gasteiger charge is -2.31. The molecule has 0 saturated carbocycles. The standard InChI is InChI=1S/C40H72N4O6/c1-5-9-13-21-33(45)29-43(30-34(46)22-14-10-6-2)27-19-17-25-37-39(49)42-38(40(50)41-37)26-18-20-28-44(31-35(47)23-15-11-7-3)32-36(48)24-16-12-8-4/h9-16,33-38,45-48H,5-8,17-32H2,1-4H3,(H,41,50)(H,42,49)/b13-9+,14-10+,15-11+,16-12+. The molecule has 0 aromatic carbocycles. The molecule has 2 amide bonds. The van der Waals surface area contributed by atoms with Crippen molar-refractivity contribution in [2.45, 2.75) is 154 Å². The van der Waals surface area contributed by atoms with E-state index in [1.54, 1.807) is 0 Å². The fraction of sp³-hybridized carbons (Fsp3) is 0.750. The molecular weight excluding hydrogens is 632 g/mol. The number of nitrogens with one attached hydrogen (secondary N) is 2. The predicted octanol–water partition coefficient (Wildman–Crippen LogP) is 4.78. The van der Waals surface area contributed by atoms with Crippen LogP contribution in [0.4, 0.5) is 0 Å². The number of piperazine rings is 1. The highest BCUT2D eigenvalue weighted by Gasteiger charge is 2.32. The van der Waals surface area contributed by atoms with Gasteiger partial charge in [-0.3, -0.25) is 19.4 Å². The number of hydrogen-bond donors (Lipinski definition) is 6. The van der Waals surface area contributed by atoms with Crippen molar-refractivity contribution in [1.29, 1.82) is 0 Å². The first-order chi connectivity index (χ1) is 24.1. The molecule has 10 heteroatoms. The monoisotopic (exact) mass is 705 g/mol. The van der Waals surface area contributed by atoms with E-state index in [4.69, 9.17) is 0 Å². The highest BCUT2D eigenvalue weighted by molar-refractivity contribution is 5.96. The molecule has 6 N–H and O–H groups in total. The van der Waals surface area contributed by atoms with E-state index in [0.717, 1.165) is 51.4 Å². The lowest BCUT2D eigenvalue weighted by Crippen LogP contribution is -2.61. The van der Waals surface area contributed by atoms with Gasteiger partial charge in [-0.05, 0) is 103 Å². The summed E-state index contributed by atoms with van der Waals surface area (Å²) < 4.78 is 0. The van der Waals surface area contributed by atoms with Crippen LogP contribution in [0.3, 0.4) is 0 Å². The van der Waals surface area contributed by atoms with Crippen molar-refractivity contribution < 1.29 is 30.0 Å². The number of aliphatic hydroxyl groups is 4. The molecule has 0 radical (unpaired) electrons. The minimum atomic E-state index is -0.566. The molecule has 1 aliphatic rings. The highest BCUT2D eigenvalue weighted by atomic mass is 16.3. The average Bonchev–Trinajstić information content (AvgIpc) is 3.07. The first-order valence-corrected chi connectivity index (χ1v) is 19.5. The maximum atomic E-state index is 12.9. The van der Waals surface area contributed by atoms with Crippen LogP contribution < -0.4 is 10.6 Å². The Labute approximate surface area is 303 Å². The molecule has 1 fully saturated rings. The summed E-state index contributed by atoms with van der Waals surface area (Å²) in [4.78, 5) is 30.1. The molecule has 0 aliphatic carbocycles. The van der Waals surface area contributed by atoms with Gasteiger partial charge in [0.25, 0.3) is 0 Å². The van der Waals surface area contributed by atoms with Crippen molar-refractivity contribution in [1.82, 2.24) is 20.4 Å². The average molecular weight is 705 g/mol. The Kier molecular flexibility index (Phi) is 26.7. The van der Waals surface area contributed by atoms with Gasteiger partial charge in [0.15, 0.2) is 0 Å².